The molecular weight excluding hydrogens is 308 g/mol. The van der Waals surface area contributed by atoms with E-state index in [9.17, 15) is 9.59 Å². The molecule has 1 fully saturated rings. The number of ether oxygens (including phenoxy) is 1. The Morgan fingerprint density at radius 1 is 1.21 bits per heavy atom. The fraction of sp³-hybridized carbons (Fsp3) is 0.294. The van der Waals surface area contributed by atoms with E-state index in [2.05, 4.69) is 20.6 Å². The topological polar surface area (TPSA) is 93.2 Å². The Morgan fingerprint density at radius 3 is 2.67 bits per heavy atom. The minimum Gasteiger partial charge on any atom is -0.465 e. The first-order valence-electron chi connectivity index (χ1n) is 7.67. The van der Waals surface area contributed by atoms with E-state index >= 15 is 0 Å². The van der Waals surface area contributed by atoms with Crippen LogP contribution in [0.1, 0.15) is 39.4 Å². The molecule has 1 aliphatic rings. The van der Waals surface area contributed by atoms with Gasteiger partial charge < -0.3 is 15.4 Å². The van der Waals surface area contributed by atoms with Gasteiger partial charge in [-0.25, -0.2) is 14.8 Å². The van der Waals surface area contributed by atoms with Crippen molar-refractivity contribution in [2.75, 3.05) is 17.7 Å². The van der Waals surface area contributed by atoms with Gasteiger partial charge in [-0.2, -0.15) is 0 Å². The number of hydrogen-bond donors (Lipinski definition) is 2. The second kappa shape index (κ2) is 6.66. The Morgan fingerprint density at radius 2 is 1.96 bits per heavy atom. The van der Waals surface area contributed by atoms with Crippen molar-refractivity contribution in [1.82, 2.24) is 9.97 Å². The number of esters is 1. The van der Waals surface area contributed by atoms with Crippen LogP contribution in [0.2, 0.25) is 0 Å². The van der Waals surface area contributed by atoms with Crippen LogP contribution in [0, 0.1) is 6.92 Å². The number of para-hydroxylation sites is 1. The maximum atomic E-state index is 12.5. The molecule has 3 rings (SSSR count). The van der Waals surface area contributed by atoms with E-state index in [1.807, 2.05) is 0 Å². The lowest BCUT2D eigenvalue weighted by atomic mass is 10.1. The molecule has 1 aromatic carbocycles. The molecule has 0 atom stereocenters. The molecule has 124 valence electrons. The first-order valence-corrected chi connectivity index (χ1v) is 7.67. The zero-order chi connectivity index (χ0) is 17.1. The summed E-state index contributed by atoms with van der Waals surface area (Å²) in [6.07, 6.45) is 2.18. The predicted octanol–water partition coefficient (Wildman–Crippen LogP) is 2.40. The molecule has 2 aromatic rings. The van der Waals surface area contributed by atoms with Crippen LogP contribution in [0.3, 0.4) is 0 Å². The highest BCUT2D eigenvalue weighted by Crippen LogP contribution is 2.23. The monoisotopic (exact) mass is 326 g/mol. The first kappa shape index (κ1) is 15.9. The van der Waals surface area contributed by atoms with Gasteiger partial charge in [-0.1, -0.05) is 12.1 Å². The van der Waals surface area contributed by atoms with Gasteiger partial charge in [0.2, 0.25) is 5.95 Å². The van der Waals surface area contributed by atoms with Crippen molar-refractivity contribution in [3.05, 3.63) is 47.3 Å². The van der Waals surface area contributed by atoms with Crippen molar-refractivity contribution in [3.63, 3.8) is 0 Å². The number of nitrogens with one attached hydrogen (secondary N) is 2. The van der Waals surface area contributed by atoms with Crippen LogP contribution in [-0.4, -0.2) is 35.0 Å². The third-order valence-corrected chi connectivity index (χ3v) is 3.58. The summed E-state index contributed by atoms with van der Waals surface area (Å²) < 4.78 is 4.73. The number of aryl methyl sites for hydroxylation is 1. The lowest BCUT2D eigenvalue weighted by molar-refractivity contribution is 0.0602. The summed E-state index contributed by atoms with van der Waals surface area (Å²) in [5, 5.41) is 5.89. The van der Waals surface area contributed by atoms with Gasteiger partial charge in [0.15, 0.2) is 0 Å². The maximum Gasteiger partial charge on any atom is 0.339 e. The number of anilines is 2. The van der Waals surface area contributed by atoms with Crippen molar-refractivity contribution >= 4 is 23.5 Å². The summed E-state index contributed by atoms with van der Waals surface area (Å²) in [5.41, 5.74) is 1.60. The van der Waals surface area contributed by atoms with Crippen molar-refractivity contribution in [3.8, 4) is 0 Å². The molecule has 1 aromatic heterocycles. The molecule has 0 radical (unpaired) electrons. The predicted molar refractivity (Wildman–Crippen MR) is 89.1 cm³/mol. The number of carbonyl (C=O) groups is 2. The van der Waals surface area contributed by atoms with Crippen LogP contribution in [-0.2, 0) is 4.74 Å². The molecule has 0 saturated heterocycles. The largest absolute Gasteiger partial charge is 0.465 e. The second-order valence-corrected chi connectivity index (χ2v) is 5.63. The molecule has 2 N–H and O–H groups in total. The van der Waals surface area contributed by atoms with E-state index in [0.717, 1.165) is 12.8 Å². The van der Waals surface area contributed by atoms with Crippen molar-refractivity contribution in [2.24, 2.45) is 0 Å². The second-order valence-electron chi connectivity index (χ2n) is 5.63. The lowest BCUT2D eigenvalue weighted by Crippen LogP contribution is -2.18. The zero-order valence-corrected chi connectivity index (χ0v) is 13.5. The fourth-order valence-electron chi connectivity index (χ4n) is 2.23. The summed E-state index contributed by atoms with van der Waals surface area (Å²) in [6.45, 7) is 1.80. The molecule has 0 spiro atoms. The minimum atomic E-state index is -0.513. The van der Waals surface area contributed by atoms with E-state index < -0.39 is 11.9 Å². The SMILES string of the molecule is COC(=O)c1ccccc1NC(=O)c1cc(C)nc(NC2CC2)n1. The van der Waals surface area contributed by atoms with E-state index in [0.29, 0.717) is 23.4 Å². The van der Waals surface area contributed by atoms with Gasteiger partial charge in [-0.05, 0) is 38.0 Å². The van der Waals surface area contributed by atoms with Crippen LogP contribution in [0.25, 0.3) is 0 Å². The zero-order valence-electron chi connectivity index (χ0n) is 13.5. The summed E-state index contributed by atoms with van der Waals surface area (Å²) in [5.74, 6) is -0.472. The number of rotatable bonds is 5. The highest BCUT2D eigenvalue weighted by molar-refractivity contribution is 6.07. The first-order chi connectivity index (χ1) is 11.6. The number of methoxy groups -OCH3 is 1. The van der Waals surface area contributed by atoms with Gasteiger partial charge in [0.1, 0.15) is 5.69 Å². The summed E-state index contributed by atoms with van der Waals surface area (Å²) in [6, 6.07) is 8.66. The Hall–Kier alpha value is -2.96. The van der Waals surface area contributed by atoms with E-state index in [1.165, 1.54) is 7.11 Å². The molecule has 7 heteroatoms. The van der Waals surface area contributed by atoms with Crippen LogP contribution in [0.15, 0.2) is 30.3 Å². The average Bonchev–Trinajstić information content (AvgIpc) is 3.38. The molecule has 1 amide bonds. The highest BCUT2D eigenvalue weighted by atomic mass is 16.5. The van der Waals surface area contributed by atoms with Gasteiger partial charge in [0.05, 0.1) is 18.4 Å². The molecule has 1 saturated carbocycles. The van der Waals surface area contributed by atoms with Crippen molar-refractivity contribution in [2.45, 2.75) is 25.8 Å². The molecule has 0 unspecified atom stereocenters. The minimum absolute atomic E-state index is 0.241. The molecule has 0 bridgehead atoms. The van der Waals surface area contributed by atoms with Crippen LogP contribution in [0.5, 0.6) is 0 Å². The standard InChI is InChI=1S/C17H18N4O3/c1-10-9-14(21-17(18-10)19-11-7-8-11)15(22)20-13-6-4-3-5-12(13)16(23)24-2/h3-6,9,11H,7-8H2,1-2H3,(H,20,22)(H,18,19,21). The smallest absolute Gasteiger partial charge is 0.339 e. The molecule has 1 aliphatic carbocycles. The Bertz CT molecular complexity index is 787. The number of amides is 1. The van der Waals surface area contributed by atoms with Gasteiger partial charge in [0, 0.05) is 11.7 Å². The third-order valence-electron chi connectivity index (χ3n) is 3.58. The van der Waals surface area contributed by atoms with E-state index in [-0.39, 0.29) is 11.3 Å². The summed E-state index contributed by atoms with van der Waals surface area (Å²) in [4.78, 5) is 32.8. The Kier molecular flexibility index (Phi) is 4.41. The number of benzene rings is 1. The van der Waals surface area contributed by atoms with E-state index in [4.69, 9.17) is 4.74 Å². The van der Waals surface area contributed by atoms with Crippen LogP contribution >= 0.6 is 0 Å². The normalized spacial score (nSPS) is 13.2. The third kappa shape index (κ3) is 3.68. The number of nitrogens with zero attached hydrogens (tertiary/aromatic N) is 2. The van der Waals surface area contributed by atoms with Gasteiger partial charge in [-0.3, -0.25) is 4.79 Å². The van der Waals surface area contributed by atoms with Crippen molar-refractivity contribution in [1.29, 1.82) is 0 Å². The number of carbonyl (C=O) groups excluding carboxylic acids is 2. The molecule has 1 heterocycles. The molecule has 7 nitrogen and oxygen atoms in total. The average molecular weight is 326 g/mol. The van der Waals surface area contributed by atoms with Crippen LogP contribution < -0.4 is 10.6 Å². The lowest BCUT2D eigenvalue weighted by Gasteiger charge is -2.10. The summed E-state index contributed by atoms with van der Waals surface area (Å²) in [7, 11) is 1.30. The molecular formula is C17H18N4O3. The summed E-state index contributed by atoms with van der Waals surface area (Å²) >= 11 is 0. The van der Waals surface area contributed by atoms with Gasteiger partial charge >= 0.3 is 5.97 Å². The number of hydrogen-bond acceptors (Lipinski definition) is 6. The van der Waals surface area contributed by atoms with Crippen LogP contribution in [0.4, 0.5) is 11.6 Å². The van der Waals surface area contributed by atoms with Gasteiger partial charge in [-0.15, -0.1) is 0 Å². The fourth-order valence-corrected chi connectivity index (χ4v) is 2.23. The highest BCUT2D eigenvalue weighted by Gasteiger charge is 2.23. The Balaban J connectivity index is 1.82. The van der Waals surface area contributed by atoms with Gasteiger partial charge in [0.25, 0.3) is 5.91 Å². The molecule has 0 aliphatic heterocycles. The number of aromatic nitrogens is 2. The maximum absolute atomic E-state index is 12.5. The van der Waals surface area contributed by atoms with Crippen molar-refractivity contribution < 1.29 is 14.3 Å². The quantitative estimate of drug-likeness (QED) is 0.820. The van der Waals surface area contributed by atoms with E-state index in [1.54, 1.807) is 37.3 Å². The Labute approximate surface area is 139 Å². The molecule has 24 heavy (non-hydrogen) atoms.